The van der Waals surface area contributed by atoms with E-state index in [2.05, 4.69) is 57.1 Å². The summed E-state index contributed by atoms with van der Waals surface area (Å²) in [6.45, 7) is 12.7. The van der Waals surface area contributed by atoms with Crippen molar-refractivity contribution in [1.29, 1.82) is 0 Å². The molecule has 0 amide bonds. The van der Waals surface area contributed by atoms with Crippen LogP contribution in [0.1, 0.15) is 57.4 Å². The molecule has 4 rings (SSSR count). The van der Waals surface area contributed by atoms with Gasteiger partial charge in [-0.2, -0.15) is 0 Å². The van der Waals surface area contributed by atoms with Crippen molar-refractivity contribution < 1.29 is 14.4 Å². The molecular weight excluding hydrogens is 398 g/mol. The lowest BCUT2D eigenvalue weighted by Gasteiger charge is -2.61. The number of carboxylic acids is 1. The zero-order chi connectivity index (χ0) is 23.3. The standard InChI is InChI=1S/C28H33NO3/c1-7-27(6)16-28(26(30)31,25(27)17(2)3)23-14-12-21(13-15-23)20-8-10-22(11-9-20)24-18(4)19(5)29-32-24/h8-15,17,25H,7,16H2,1-6H3,(H,30,31). The minimum absolute atomic E-state index is 0.0677. The Morgan fingerprint density at radius 1 is 1.06 bits per heavy atom. The Balaban J connectivity index is 1.64. The van der Waals surface area contributed by atoms with Crippen molar-refractivity contribution in [2.75, 3.05) is 0 Å². The average molecular weight is 432 g/mol. The molecule has 0 aliphatic heterocycles. The van der Waals surface area contributed by atoms with E-state index in [9.17, 15) is 9.90 Å². The van der Waals surface area contributed by atoms with Crippen LogP contribution in [0.5, 0.6) is 0 Å². The molecule has 3 atom stereocenters. The fraction of sp³-hybridized carbons (Fsp3) is 0.429. The van der Waals surface area contributed by atoms with Crippen molar-refractivity contribution in [3.63, 3.8) is 0 Å². The Hall–Kier alpha value is -2.88. The minimum atomic E-state index is -0.803. The van der Waals surface area contributed by atoms with E-state index in [1.165, 1.54) is 0 Å². The van der Waals surface area contributed by atoms with E-state index in [1.807, 2.05) is 38.1 Å². The number of nitrogens with zero attached hydrogens (tertiary/aromatic N) is 1. The number of aliphatic carboxylic acids is 1. The maximum absolute atomic E-state index is 12.6. The second kappa shape index (κ2) is 7.91. The van der Waals surface area contributed by atoms with Crippen LogP contribution in [0.15, 0.2) is 53.1 Å². The predicted molar refractivity (Wildman–Crippen MR) is 128 cm³/mol. The van der Waals surface area contributed by atoms with Gasteiger partial charge in [0.05, 0.1) is 11.1 Å². The molecule has 1 aliphatic rings. The third-order valence-electron chi connectivity index (χ3n) is 7.86. The largest absolute Gasteiger partial charge is 0.481 e. The van der Waals surface area contributed by atoms with Gasteiger partial charge in [0.15, 0.2) is 5.76 Å². The first-order valence-electron chi connectivity index (χ1n) is 11.5. The Bertz CT molecular complexity index is 1130. The number of aromatic nitrogens is 1. The molecule has 1 heterocycles. The fourth-order valence-corrected chi connectivity index (χ4v) is 6.11. The molecule has 1 aliphatic carbocycles. The Morgan fingerprint density at radius 2 is 1.59 bits per heavy atom. The average Bonchev–Trinajstić information content (AvgIpc) is 3.09. The van der Waals surface area contributed by atoms with Gasteiger partial charge in [-0.3, -0.25) is 4.79 Å². The summed E-state index contributed by atoms with van der Waals surface area (Å²) in [4.78, 5) is 12.6. The van der Waals surface area contributed by atoms with Crippen LogP contribution in [0.3, 0.4) is 0 Å². The molecular formula is C28H33NO3. The summed E-state index contributed by atoms with van der Waals surface area (Å²) in [5.74, 6) is 0.532. The van der Waals surface area contributed by atoms with Crippen LogP contribution in [0.2, 0.25) is 0 Å². The SMILES string of the molecule is CCC1(C)CC(C(=O)O)(c2ccc(-c3ccc(-c4onc(C)c4C)cc3)cc2)C1C(C)C. The summed E-state index contributed by atoms with van der Waals surface area (Å²) in [5.41, 5.74) is 5.31. The second-order valence-corrected chi connectivity index (χ2v) is 10.1. The number of rotatable bonds is 6. The zero-order valence-corrected chi connectivity index (χ0v) is 19.9. The summed E-state index contributed by atoms with van der Waals surface area (Å²) in [7, 11) is 0. The van der Waals surface area contributed by atoms with E-state index in [1.54, 1.807) is 0 Å². The molecule has 1 saturated carbocycles. The van der Waals surface area contributed by atoms with Crippen molar-refractivity contribution >= 4 is 5.97 Å². The maximum Gasteiger partial charge on any atom is 0.314 e. The number of benzene rings is 2. The van der Waals surface area contributed by atoms with Gasteiger partial charge >= 0.3 is 5.97 Å². The van der Waals surface area contributed by atoms with E-state index < -0.39 is 11.4 Å². The molecule has 32 heavy (non-hydrogen) atoms. The highest BCUT2D eigenvalue weighted by Gasteiger charge is 2.65. The van der Waals surface area contributed by atoms with Crippen LogP contribution in [0.4, 0.5) is 0 Å². The van der Waals surface area contributed by atoms with Gasteiger partial charge in [-0.1, -0.05) is 87.8 Å². The van der Waals surface area contributed by atoms with Gasteiger partial charge in [0.2, 0.25) is 0 Å². The normalized spacial score (nSPS) is 25.0. The quantitative estimate of drug-likeness (QED) is 0.454. The van der Waals surface area contributed by atoms with Crippen LogP contribution >= 0.6 is 0 Å². The highest BCUT2D eigenvalue weighted by atomic mass is 16.5. The van der Waals surface area contributed by atoms with E-state index in [0.717, 1.165) is 45.7 Å². The molecule has 3 aromatic rings. The molecule has 168 valence electrons. The first kappa shape index (κ1) is 22.3. The van der Waals surface area contributed by atoms with Gasteiger partial charge in [-0.15, -0.1) is 0 Å². The third-order valence-corrected chi connectivity index (χ3v) is 7.86. The van der Waals surface area contributed by atoms with E-state index in [4.69, 9.17) is 4.52 Å². The van der Waals surface area contributed by atoms with Gasteiger partial charge in [0, 0.05) is 11.1 Å². The van der Waals surface area contributed by atoms with Crippen LogP contribution < -0.4 is 0 Å². The van der Waals surface area contributed by atoms with Crippen LogP contribution in [0.25, 0.3) is 22.5 Å². The summed E-state index contributed by atoms with van der Waals surface area (Å²) in [5, 5.41) is 14.4. The molecule has 0 saturated heterocycles. The van der Waals surface area contributed by atoms with Crippen LogP contribution in [0, 0.1) is 31.1 Å². The summed E-state index contributed by atoms with van der Waals surface area (Å²) >= 11 is 0. The summed E-state index contributed by atoms with van der Waals surface area (Å²) in [6.07, 6.45) is 1.69. The number of aryl methyl sites for hydroxylation is 1. The first-order valence-corrected chi connectivity index (χ1v) is 11.5. The zero-order valence-electron chi connectivity index (χ0n) is 19.9. The number of carbonyl (C=O) groups is 1. The monoisotopic (exact) mass is 431 g/mol. The Morgan fingerprint density at radius 3 is 2.03 bits per heavy atom. The molecule has 0 radical (unpaired) electrons. The third kappa shape index (κ3) is 3.28. The fourth-order valence-electron chi connectivity index (χ4n) is 6.11. The molecule has 1 N–H and O–H groups in total. The maximum atomic E-state index is 12.6. The molecule has 0 bridgehead atoms. The van der Waals surface area contributed by atoms with E-state index in [-0.39, 0.29) is 11.3 Å². The highest BCUT2D eigenvalue weighted by Crippen LogP contribution is 2.64. The Labute approximate surface area is 190 Å². The molecule has 4 heteroatoms. The van der Waals surface area contributed by atoms with Crippen molar-refractivity contribution in [2.45, 2.75) is 59.8 Å². The molecule has 1 aromatic heterocycles. The van der Waals surface area contributed by atoms with Gasteiger partial charge in [0.1, 0.15) is 0 Å². The molecule has 3 unspecified atom stereocenters. The lowest BCUT2D eigenvalue weighted by Crippen LogP contribution is -2.63. The molecule has 1 fully saturated rings. The van der Waals surface area contributed by atoms with Crippen LogP contribution in [-0.4, -0.2) is 16.2 Å². The summed E-state index contributed by atoms with van der Waals surface area (Å²) < 4.78 is 5.47. The molecule has 4 nitrogen and oxygen atoms in total. The van der Waals surface area contributed by atoms with E-state index in [0.29, 0.717) is 12.3 Å². The number of hydrogen-bond acceptors (Lipinski definition) is 3. The lowest BCUT2D eigenvalue weighted by atomic mass is 9.40. The summed E-state index contributed by atoms with van der Waals surface area (Å²) in [6, 6.07) is 16.4. The van der Waals surface area contributed by atoms with Gasteiger partial charge < -0.3 is 9.63 Å². The topological polar surface area (TPSA) is 63.3 Å². The lowest BCUT2D eigenvalue weighted by molar-refractivity contribution is -0.171. The molecule has 0 spiro atoms. The minimum Gasteiger partial charge on any atom is -0.481 e. The first-order chi connectivity index (χ1) is 15.1. The van der Waals surface area contributed by atoms with Crippen molar-refractivity contribution in [3.8, 4) is 22.5 Å². The highest BCUT2D eigenvalue weighted by molar-refractivity contribution is 5.84. The Kier molecular flexibility index (Phi) is 5.52. The predicted octanol–water partition coefficient (Wildman–Crippen LogP) is 7.04. The van der Waals surface area contributed by atoms with Gasteiger partial charge in [0.25, 0.3) is 0 Å². The van der Waals surface area contributed by atoms with Gasteiger partial charge in [-0.25, -0.2) is 0 Å². The molecule has 2 aromatic carbocycles. The van der Waals surface area contributed by atoms with Gasteiger partial charge in [-0.05, 0) is 54.2 Å². The van der Waals surface area contributed by atoms with Crippen molar-refractivity contribution in [3.05, 3.63) is 65.4 Å². The van der Waals surface area contributed by atoms with Crippen LogP contribution in [-0.2, 0) is 10.2 Å². The van der Waals surface area contributed by atoms with E-state index >= 15 is 0 Å². The second-order valence-electron chi connectivity index (χ2n) is 10.1. The number of carboxylic acid groups (broad SMARTS) is 1. The van der Waals surface area contributed by atoms with Crippen molar-refractivity contribution in [1.82, 2.24) is 5.16 Å². The van der Waals surface area contributed by atoms with Crippen molar-refractivity contribution in [2.24, 2.45) is 17.3 Å². The smallest absolute Gasteiger partial charge is 0.314 e. The number of hydrogen-bond donors (Lipinski definition) is 1.